The molecule has 0 radical (unpaired) electrons. The number of aryl methyl sites for hydroxylation is 1. The van der Waals surface area contributed by atoms with Crippen LogP contribution >= 0.6 is 0 Å². The van der Waals surface area contributed by atoms with Gasteiger partial charge in [-0.15, -0.1) is 0 Å². The second-order valence-corrected chi connectivity index (χ2v) is 6.13. The van der Waals surface area contributed by atoms with Crippen molar-refractivity contribution in [3.8, 4) is 0 Å². The molecule has 0 saturated carbocycles. The Hall–Kier alpha value is -1.32. The third-order valence-electron chi connectivity index (χ3n) is 4.18. The second-order valence-electron chi connectivity index (χ2n) is 6.13. The monoisotopic (exact) mass is 272 g/mol. The van der Waals surface area contributed by atoms with Crippen LogP contribution in [0.15, 0.2) is 18.2 Å². The van der Waals surface area contributed by atoms with Gasteiger partial charge in [-0.25, -0.2) is 0 Å². The van der Waals surface area contributed by atoms with E-state index in [-0.39, 0.29) is 0 Å². The Labute approximate surface area is 120 Å². The van der Waals surface area contributed by atoms with E-state index in [1.54, 1.807) is 0 Å². The SMILES string of the molecule is Cc1cc2cc(CN3CCOCC3)[nH]c2cc1C(C)C. The highest BCUT2D eigenvalue weighted by molar-refractivity contribution is 5.82. The molecular weight excluding hydrogens is 248 g/mol. The van der Waals surface area contributed by atoms with Gasteiger partial charge in [0.15, 0.2) is 0 Å². The average Bonchev–Trinajstić information content (AvgIpc) is 2.79. The molecule has 20 heavy (non-hydrogen) atoms. The Kier molecular flexibility index (Phi) is 3.81. The number of hydrogen-bond acceptors (Lipinski definition) is 2. The van der Waals surface area contributed by atoms with E-state index in [0.29, 0.717) is 5.92 Å². The molecule has 1 fully saturated rings. The van der Waals surface area contributed by atoms with Gasteiger partial charge >= 0.3 is 0 Å². The molecule has 0 amide bonds. The highest BCUT2D eigenvalue weighted by atomic mass is 16.5. The molecule has 2 aromatic rings. The van der Waals surface area contributed by atoms with Gasteiger partial charge in [0.05, 0.1) is 13.2 Å². The predicted octanol–water partition coefficient (Wildman–Crippen LogP) is 3.43. The van der Waals surface area contributed by atoms with Crippen LogP contribution in [0, 0.1) is 6.92 Å². The van der Waals surface area contributed by atoms with Gasteiger partial charge in [-0.1, -0.05) is 13.8 Å². The summed E-state index contributed by atoms with van der Waals surface area (Å²) in [6, 6.07) is 6.92. The summed E-state index contributed by atoms with van der Waals surface area (Å²) in [5.41, 5.74) is 5.41. The third kappa shape index (κ3) is 2.74. The maximum atomic E-state index is 5.40. The molecule has 0 aliphatic carbocycles. The van der Waals surface area contributed by atoms with E-state index in [9.17, 15) is 0 Å². The maximum Gasteiger partial charge on any atom is 0.0594 e. The van der Waals surface area contributed by atoms with Gasteiger partial charge in [0, 0.05) is 30.8 Å². The molecule has 2 heterocycles. The lowest BCUT2D eigenvalue weighted by molar-refractivity contribution is 0.0337. The van der Waals surface area contributed by atoms with Crippen molar-refractivity contribution in [3.63, 3.8) is 0 Å². The summed E-state index contributed by atoms with van der Waals surface area (Å²) in [5, 5.41) is 1.33. The topological polar surface area (TPSA) is 28.3 Å². The predicted molar refractivity (Wildman–Crippen MR) is 83.2 cm³/mol. The molecule has 3 heteroatoms. The van der Waals surface area contributed by atoms with Crippen molar-refractivity contribution >= 4 is 10.9 Å². The van der Waals surface area contributed by atoms with Crippen molar-refractivity contribution in [2.45, 2.75) is 33.2 Å². The van der Waals surface area contributed by atoms with Gasteiger partial charge in [0.1, 0.15) is 0 Å². The third-order valence-corrected chi connectivity index (χ3v) is 4.18. The summed E-state index contributed by atoms with van der Waals surface area (Å²) in [4.78, 5) is 6.03. The number of H-pyrrole nitrogens is 1. The standard InChI is InChI=1S/C17H24N2O/c1-12(2)16-10-17-14(8-13(16)3)9-15(18-17)11-19-4-6-20-7-5-19/h8-10,12,18H,4-7,11H2,1-3H3. The number of nitrogens with zero attached hydrogens (tertiary/aromatic N) is 1. The maximum absolute atomic E-state index is 5.40. The summed E-state index contributed by atoms with van der Waals surface area (Å²) < 4.78 is 5.40. The van der Waals surface area contributed by atoms with E-state index in [4.69, 9.17) is 4.74 Å². The molecule has 1 aromatic carbocycles. The largest absolute Gasteiger partial charge is 0.379 e. The Morgan fingerprint density at radius 2 is 1.95 bits per heavy atom. The van der Waals surface area contributed by atoms with Crippen LogP contribution < -0.4 is 0 Å². The van der Waals surface area contributed by atoms with Crippen molar-refractivity contribution in [1.82, 2.24) is 9.88 Å². The molecule has 0 unspecified atom stereocenters. The lowest BCUT2D eigenvalue weighted by Crippen LogP contribution is -2.35. The molecule has 1 aliphatic rings. The van der Waals surface area contributed by atoms with Crippen LogP contribution in [-0.4, -0.2) is 36.2 Å². The summed E-state index contributed by atoms with van der Waals surface area (Å²) in [7, 11) is 0. The number of ether oxygens (including phenoxy) is 1. The van der Waals surface area contributed by atoms with Crippen molar-refractivity contribution < 1.29 is 4.74 Å². The number of aromatic amines is 1. The van der Waals surface area contributed by atoms with Gasteiger partial charge in [0.2, 0.25) is 0 Å². The van der Waals surface area contributed by atoms with E-state index < -0.39 is 0 Å². The van der Waals surface area contributed by atoms with E-state index in [0.717, 1.165) is 32.8 Å². The molecule has 0 spiro atoms. The van der Waals surface area contributed by atoms with Crippen LogP contribution in [0.2, 0.25) is 0 Å². The smallest absolute Gasteiger partial charge is 0.0594 e. The molecule has 108 valence electrons. The van der Waals surface area contributed by atoms with Gasteiger partial charge in [0.25, 0.3) is 0 Å². The first-order valence-corrected chi connectivity index (χ1v) is 7.56. The van der Waals surface area contributed by atoms with Crippen molar-refractivity contribution in [2.75, 3.05) is 26.3 Å². The zero-order valence-electron chi connectivity index (χ0n) is 12.7. The number of hydrogen-bond donors (Lipinski definition) is 1. The first-order valence-electron chi connectivity index (χ1n) is 7.56. The van der Waals surface area contributed by atoms with Crippen molar-refractivity contribution in [1.29, 1.82) is 0 Å². The number of benzene rings is 1. The summed E-state index contributed by atoms with van der Waals surface area (Å²) in [6.45, 7) is 11.5. The highest BCUT2D eigenvalue weighted by Gasteiger charge is 2.13. The van der Waals surface area contributed by atoms with Crippen LogP contribution in [-0.2, 0) is 11.3 Å². The van der Waals surface area contributed by atoms with Crippen LogP contribution in [0.5, 0.6) is 0 Å². The van der Waals surface area contributed by atoms with Gasteiger partial charge < -0.3 is 9.72 Å². The molecule has 1 aromatic heterocycles. The Balaban J connectivity index is 1.86. The quantitative estimate of drug-likeness (QED) is 0.927. The molecule has 3 nitrogen and oxygen atoms in total. The molecule has 0 atom stereocenters. The molecule has 1 N–H and O–H groups in total. The number of fused-ring (bicyclic) bond motifs is 1. The Morgan fingerprint density at radius 3 is 2.65 bits per heavy atom. The van der Waals surface area contributed by atoms with Crippen LogP contribution in [0.4, 0.5) is 0 Å². The fourth-order valence-electron chi connectivity index (χ4n) is 3.08. The minimum absolute atomic E-state index is 0.574. The van der Waals surface area contributed by atoms with Crippen molar-refractivity contribution in [2.24, 2.45) is 0 Å². The van der Waals surface area contributed by atoms with E-state index in [2.05, 4.69) is 48.9 Å². The highest BCUT2D eigenvalue weighted by Crippen LogP contribution is 2.26. The van der Waals surface area contributed by atoms with Crippen LogP contribution in [0.3, 0.4) is 0 Å². The lowest BCUT2D eigenvalue weighted by atomic mass is 9.97. The number of morpholine rings is 1. The average molecular weight is 272 g/mol. The van der Waals surface area contributed by atoms with Gasteiger partial charge in [-0.3, -0.25) is 4.90 Å². The van der Waals surface area contributed by atoms with Crippen LogP contribution in [0.25, 0.3) is 10.9 Å². The van der Waals surface area contributed by atoms with E-state index >= 15 is 0 Å². The summed E-state index contributed by atoms with van der Waals surface area (Å²) >= 11 is 0. The fourth-order valence-corrected chi connectivity index (χ4v) is 3.08. The summed E-state index contributed by atoms with van der Waals surface area (Å²) in [5.74, 6) is 0.574. The molecular formula is C17H24N2O. The minimum atomic E-state index is 0.574. The zero-order valence-corrected chi connectivity index (χ0v) is 12.7. The number of nitrogens with one attached hydrogen (secondary N) is 1. The van der Waals surface area contributed by atoms with E-state index in [1.165, 1.54) is 27.7 Å². The molecule has 1 aliphatic heterocycles. The van der Waals surface area contributed by atoms with E-state index in [1.807, 2.05) is 0 Å². The van der Waals surface area contributed by atoms with Crippen LogP contribution in [0.1, 0.15) is 36.6 Å². The van der Waals surface area contributed by atoms with Crippen molar-refractivity contribution in [3.05, 3.63) is 35.0 Å². The molecule has 3 rings (SSSR count). The van der Waals surface area contributed by atoms with Gasteiger partial charge in [-0.05, 0) is 47.6 Å². The molecule has 0 bridgehead atoms. The Bertz CT molecular complexity index is 594. The van der Waals surface area contributed by atoms with Gasteiger partial charge in [-0.2, -0.15) is 0 Å². The second kappa shape index (κ2) is 5.58. The number of aromatic nitrogens is 1. The molecule has 1 saturated heterocycles. The first kappa shape index (κ1) is 13.7. The Morgan fingerprint density at radius 1 is 1.20 bits per heavy atom. The normalized spacial score (nSPS) is 17.2. The number of rotatable bonds is 3. The first-order chi connectivity index (χ1) is 9.63. The minimum Gasteiger partial charge on any atom is -0.379 e. The zero-order chi connectivity index (χ0) is 14.1. The summed E-state index contributed by atoms with van der Waals surface area (Å²) in [6.07, 6.45) is 0. The fraction of sp³-hybridized carbons (Fsp3) is 0.529. The lowest BCUT2D eigenvalue weighted by Gasteiger charge is -2.25.